The van der Waals surface area contributed by atoms with Crippen molar-refractivity contribution >= 4 is 21.8 Å². The first-order chi connectivity index (χ1) is 5.79. The molecule has 0 spiro atoms. The lowest BCUT2D eigenvalue weighted by atomic mass is 10.1. The second-order valence-corrected chi connectivity index (χ2v) is 3.86. The quantitative estimate of drug-likeness (QED) is 0.603. The number of hydrogen-bond donors (Lipinski definition) is 1. The summed E-state index contributed by atoms with van der Waals surface area (Å²) in [6.07, 6.45) is 5.04. The molecule has 0 aliphatic carbocycles. The molecular weight excluding hydrogens is 244 g/mol. The Morgan fingerprint density at radius 2 is 2.08 bits per heavy atom. The van der Waals surface area contributed by atoms with Gasteiger partial charge in [0.1, 0.15) is 0 Å². The Morgan fingerprint density at radius 1 is 1.62 bits per heavy atom. The molecule has 2 nitrogen and oxygen atoms in total. The second kappa shape index (κ2) is 4.56. The molecule has 0 saturated heterocycles. The molecule has 5 heteroatoms. The largest absolute Gasteiger partial charge is 0.377 e. The first kappa shape index (κ1) is 12.4. The van der Waals surface area contributed by atoms with Gasteiger partial charge in [0.05, 0.1) is 6.04 Å². The number of rotatable bonds is 3. The number of terminal acetylenes is 1. The van der Waals surface area contributed by atoms with Crippen LogP contribution in [0.15, 0.2) is 0 Å². The van der Waals surface area contributed by atoms with Gasteiger partial charge in [-0.25, -0.2) is 0 Å². The maximum absolute atomic E-state index is 12.3. The van der Waals surface area contributed by atoms with Gasteiger partial charge < -0.3 is 5.32 Å². The normalized spacial score (nSPS) is 13.6. The molecule has 1 N–H and O–H groups in total. The van der Waals surface area contributed by atoms with Crippen LogP contribution in [0.3, 0.4) is 0 Å². The average molecular weight is 254 g/mol. The first-order valence-corrected chi connectivity index (χ1v) is 4.42. The predicted molar refractivity (Wildman–Crippen MR) is 49.5 cm³/mol. The summed E-state index contributed by atoms with van der Waals surface area (Å²) in [5, 5.41) is 2.03. The minimum absolute atomic E-state index is 0.0798. The highest BCUT2D eigenvalue weighted by atomic mass is 79.9. The van der Waals surface area contributed by atoms with Crippen molar-refractivity contribution in [3.05, 3.63) is 0 Å². The Kier molecular flexibility index (Phi) is 4.34. The van der Waals surface area contributed by atoms with E-state index in [1.54, 1.807) is 13.8 Å². The molecule has 74 valence electrons. The minimum Gasteiger partial charge on any atom is -0.336 e. The number of alkyl halides is 3. The molecular formula is C8H10BrF2NO. The van der Waals surface area contributed by atoms with Crippen molar-refractivity contribution in [2.45, 2.75) is 24.7 Å². The van der Waals surface area contributed by atoms with Crippen molar-refractivity contribution in [1.82, 2.24) is 5.32 Å². The third-order valence-corrected chi connectivity index (χ3v) is 1.75. The zero-order valence-corrected chi connectivity index (χ0v) is 8.86. The Bertz CT molecular complexity index is 229. The van der Waals surface area contributed by atoms with Crippen LogP contribution in [-0.4, -0.2) is 16.8 Å². The van der Waals surface area contributed by atoms with Crippen LogP contribution in [0.25, 0.3) is 0 Å². The van der Waals surface area contributed by atoms with Crippen LogP contribution < -0.4 is 5.32 Å². The van der Waals surface area contributed by atoms with Gasteiger partial charge in [-0.15, -0.1) is 6.42 Å². The summed E-state index contributed by atoms with van der Waals surface area (Å²) >= 11 is 1.94. The van der Waals surface area contributed by atoms with Crippen LogP contribution in [0.1, 0.15) is 13.8 Å². The van der Waals surface area contributed by atoms with E-state index in [0.717, 1.165) is 0 Å². The van der Waals surface area contributed by atoms with Crippen LogP contribution in [0.5, 0.6) is 0 Å². The lowest BCUT2D eigenvalue weighted by Crippen LogP contribution is -2.44. The van der Waals surface area contributed by atoms with Crippen molar-refractivity contribution in [2.24, 2.45) is 5.92 Å². The van der Waals surface area contributed by atoms with E-state index in [1.165, 1.54) is 0 Å². The van der Waals surface area contributed by atoms with E-state index in [4.69, 9.17) is 6.42 Å². The second-order valence-electron chi connectivity index (χ2n) is 2.86. The van der Waals surface area contributed by atoms with Crippen LogP contribution in [0.2, 0.25) is 0 Å². The van der Waals surface area contributed by atoms with E-state index in [9.17, 15) is 13.6 Å². The molecule has 0 aromatic heterocycles. The lowest BCUT2D eigenvalue weighted by Gasteiger charge is -2.18. The maximum atomic E-state index is 12.3. The molecule has 0 aromatic carbocycles. The van der Waals surface area contributed by atoms with E-state index in [-0.39, 0.29) is 5.92 Å². The fraction of sp³-hybridized carbons (Fsp3) is 0.625. The van der Waals surface area contributed by atoms with Crippen LogP contribution in [0.4, 0.5) is 8.78 Å². The zero-order valence-electron chi connectivity index (χ0n) is 7.27. The summed E-state index contributed by atoms with van der Waals surface area (Å²) in [5.41, 5.74) is 0. The standard InChI is InChI=1S/C8H10BrF2NO/c1-4-6(5(2)3)12-7(13)8(9,10)11/h1,5-6H,2-3H3,(H,12,13). The summed E-state index contributed by atoms with van der Waals surface area (Å²) in [7, 11) is 0. The van der Waals surface area contributed by atoms with Crippen molar-refractivity contribution in [3.8, 4) is 12.3 Å². The number of halogens is 3. The third-order valence-electron chi connectivity index (χ3n) is 1.39. The molecule has 13 heavy (non-hydrogen) atoms. The van der Waals surface area contributed by atoms with Gasteiger partial charge in [0.15, 0.2) is 0 Å². The van der Waals surface area contributed by atoms with E-state index < -0.39 is 16.8 Å². The molecule has 0 fully saturated rings. The van der Waals surface area contributed by atoms with Gasteiger partial charge in [0.2, 0.25) is 0 Å². The number of carbonyl (C=O) groups excluding carboxylic acids is 1. The molecule has 0 bridgehead atoms. The molecule has 0 heterocycles. The maximum Gasteiger partial charge on any atom is 0.377 e. The Balaban J connectivity index is 4.29. The Morgan fingerprint density at radius 3 is 2.31 bits per heavy atom. The van der Waals surface area contributed by atoms with Gasteiger partial charge in [-0.1, -0.05) is 19.8 Å². The number of nitrogens with one attached hydrogen (secondary N) is 1. The fourth-order valence-corrected chi connectivity index (χ4v) is 0.738. The van der Waals surface area contributed by atoms with Gasteiger partial charge in [-0.3, -0.25) is 4.79 Å². The summed E-state index contributed by atoms with van der Waals surface area (Å²) in [6.45, 7) is 3.47. The molecule has 0 saturated carbocycles. The fourth-order valence-electron chi connectivity index (χ4n) is 0.624. The van der Waals surface area contributed by atoms with E-state index in [0.29, 0.717) is 0 Å². The van der Waals surface area contributed by atoms with Gasteiger partial charge >= 0.3 is 10.7 Å². The predicted octanol–water partition coefficient (Wildman–Crippen LogP) is 1.75. The van der Waals surface area contributed by atoms with Crippen molar-refractivity contribution in [1.29, 1.82) is 0 Å². The number of carbonyl (C=O) groups is 1. The summed E-state index contributed by atoms with van der Waals surface area (Å²) in [6, 6.07) is -0.670. The molecule has 0 rings (SSSR count). The molecule has 0 aliphatic rings. The molecule has 1 atom stereocenters. The SMILES string of the molecule is C#CC(NC(=O)C(F)(F)Br)C(C)C. The Hall–Kier alpha value is -0.630. The van der Waals surface area contributed by atoms with Crippen molar-refractivity contribution in [3.63, 3.8) is 0 Å². The zero-order chi connectivity index (χ0) is 10.6. The average Bonchev–Trinajstić information content (AvgIpc) is 1.96. The summed E-state index contributed by atoms with van der Waals surface area (Å²) < 4.78 is 24.6. The van der Waals surface area contributed by atoms with Gasteiger partial charge in [0, 0.05) is 15.9 Å². The Labute approximate surface area is 84.2 Å². The lowest BCUT2D eigenvalue weighted by molar-refractivity contribution is -0.134. The summed E-state index contributed by atoms with van der Waals surface area (Å²) in [4.78, 5) is 7.18. The van der Waals surface area contributed by atoms with Crippen molar-refractivity contribution < 1.29 is 13.6 Å². The number of amides is 1. The van der Waals surface area contributed by atoms with Gasteiger partial charge in [0.25, 0.3) is 0 Å². The van der Waals surface area contributed by atoms with Gasteiger partial charge in [-0.05, 0) is 5.92 Å². The highest BCUT2D eigenvalue weighted by molar-refractivity contribution is 9.10. The molecule has 0 aliphatic heterocycles. The van der Waals surface area contributed by atoms with E-state index in [1.807, 2.05) is 21.2 Å². The molecule has 0 aromatic rings. The highest BCUT2D eigenvalue weighted by Crippen LogP contribution is 2.21. The first-order valence-electron chi connectivity index (χ1n) is 3.63. The highest BCUT2D eigenvalue weighted by Gasteiger charge is 2.36. The molecule has 1 unspecified atom stereocenters. The smallest absolute Gasteiger partial charge is 0.336 e. The third kappa shape index (κ3) is 4.23. The molecule has 0 radical (unpaired) electrons. The van der Waals surface area contributed by atoms with E-state index >= 15 is 0 Å². The minimum atomic E-state index is -3.56. The van der Waals surface area contributed by atoms with Crippen LogP contribution in [0, 0.1) is 18.3 Å². The van der Waals surface area contributed by atoms with Crippen molar-refractivity contribution in [2.75, 3.05) is 0 Å². The van der Waals surface area contributed by atoms with Crippen LogP contribution in [-0.2, 0) is 4.79 Å². The monoisotopic (exact) mass is 253 g/mol. The summed E-state index contributed by atoms with van der Waals surface area (Å²) in [5.74, 6) is 0.726. The topological polar surface area (TPSA) is 29.1 Å². The molecule has 1 amide bonds. The van der Waals surface area contributed by atoms with Crippen LogP contribution >= 0.6 is 15.9 Å². The van der Waals surface area contributed by atoms with Gasteiger partial charge in [-0.2, -0.15) is 8.78 Å². The van der Waals surface area contributed by atoms with E-state index in [2.05, 4.69) is 5.92 Å². The number of hydrogen-bond acceptors (Lipinski definition) is 1.